The molecule has 0 N–H and O–H groups in total. The number of ether oxygens (including phenoxy) is 2. The van der Waals surface area contributed by atoms with E-state index >= 15 is 4.39 Å². The number of halogens is 3. The molecule has 1 aliphatic heterocycles. The first-order valence-electron chi connectivity index (χ1n) is 12.2. The zero-order valence-corrected chi connectivity index (χ0v) is 21.4. The van der Waals surface area contributed by atoms with E-state index in [9.17, 15) is 13.6 Å². The Kier molecular flexibility index (Phi) is 6.23. The van der Waals surface area contributed by atoms with Crippen molar-refractivity contribution >= 4 is 27.5 Å². The Morgan fingerprint density at radius 2 is 1.86 bits per heavy atom. The van der Waals surface area contributed by atoms with Gasteiger partial charge >= 0.3 is 0 Å². The summed E-state index contributed by atoms with van der Waals surface area (Å²) in [5.41, 5.74) is 2.72. The Labute approximate surface area is 213 Å². The maximum atomic E-state index is 15.5. The van der Waals surface area contributed by atoms with Crippen LogP contribution >= 0.6 is 0 Å². The fourth-order valence-electron chi connectivity index (χ4n) is 5.20. The van der Waals surface area contributed by atoms with Crippen LogP contribution in [0.2, 0.25) is 0 Å². The molecular formula is C30H28F3NO3. The van der Waals surface area contributed by atoms with Crippen LogP contribution in [0.4, 0.5) is 13.2 Å². The van der Waals surface area contributed by atoms with Gasteiger partial charge in [0.2, 0.25) is 0 Å². The van der Waals surface area contributed by atoms with Gasteiger partial charge in [-0.05, 0) is 92.6 Å². The quantitative estimate of drug-likeness (QED) is 0.276. The summed E-state index contributed by atoms with van der Waals surface area (Å²) in [6.07, 6.45) is -1.48. The van der Waals surface area contributed by atoms with E-state index in [4.69, 9.17) is 9.47 Å². The van der Waals surface area contributed by atoms with Crippen LogP contribution in [-0.2, 0) is 16.0 Å². The van der Waals surface area contributed by atoms with Crippen molar-refractivity contribution in [2.45, 2.75) is 59.2 Å². The van der Waals surface area contributed by atoms with Crippen molar-refractivity contribution in [3.63, 3.8) is 0 Å². The second-order valence-corrected chi connectivity index (χ2v) is 10.5. The second-order valence-electron chi connectivity index (χ2n) is 10.5. The van der Waals surface area contributed by atoms with Crippen LogP contribution < -0.4 is 4.74 Å². The number of alkyl halides is 2. The van der Waals surface area contributed by atoms with Crippen molar-refractivity contribution < 1.29 is 27.4 Å². The van der Waals surface area contributed by atoms with Crippen LogP contribution in [0.3, 0.4) is 0 Å². The molecule has 2 heterocycles. The Balaban J connectivity index is 1.94. The Bertz CT molecular complexity index is 1550. The van der Waals surface area contributed by atoms with Gasteiger partial charge in [-0.2, -0.15) is 0 Å². The number of hydrogen-bond donors (Lipinski definition) is 0. The van der Waals surface area contributed by atoms with Crippen molar-refractivity contribution in [3.8, 4) is 16.9 Å². The van der Waals surface area contributed by atoms with E-state index < -0.39 is 29.5 Å². The number of pyridine rings is 1. The molecule has 1 aliphatic rings. The van der Waals surface area contributed by atoms with Crippen LogP contribution in [-0.4, -0.2) is 23.0 Å². The predicted molar refractivity (Wildman–Crippen MR) is 138 cm³/mol. The number of Topliss-reactive ketones (excluding diaryl/α,β-unsaturated/α-hetero) is 1. The Morgan fingerprint density at radius 3 is 2.54 bits per heavy atom. The molecule has 0 saturated carbocycles. The van der Waals surface area contributed by atoms with Crippen molar-refractivity contribution in [1.29, 1.82) is 0 Å². The third-order valence-corrected chi connectivity index (χ3v) is 6.71. The van der Waals surface area contributed by atoms with Gasteiger partial charge in [-0.25, -0.2) is 13.2 Å². The number of nitrogens with zero attached hydrogens (tertiary/aromatic N) is 1. The lowest BCUT2D eigenvalue weighted by molar-refractivity contribution is -0.138. The van der Waals surface area contributed by atoms with Crippen molar-refractivity contribution in [2.75, 3.05) is 6.61 Å². The third-order valence-electron chi connectivity index (χ3n) is 6.71. The smallest absolute Gasteiger partial charge is 0.266 e. The highest BCUT2D eigenvalue weighted by molar-refractivity contribution is 6.09. The number of ketones is 1. The highest BCUT2D eigenvalue weighted by atomic mass is 19.3. The minimum absolute atomic E-state index is 0.0591. The molecule has 4 aromatic rings. The fraction of sp³-hybridized carbons (Fsp3) is 0.333. The standard InChI is InChI=1S/C30H28F3NO3/c1-15-14-21-18(6-7-20(26(21)31)29(32)33)25(23(15)28(16(2)35)37-30(3,4)5)19-8-9-22-24-17(11-13-36-22)10-12-34-27(19)24/h6-10,12,14,28-29H,11,13H2,1-5H3/t28-/m1/s1. The maximum absolute atomic E-state index is 15.5. The first-order valence-corrected chi connectivity index (χ1v) is 12.2. The predicted octanol–water partition coefficient (Wildman–Crippen LogP) is 7.82. The maximum Gasteiger partial charge on any atom is 0.266 e. The summed E-state index contributed by atoms with van der Waals surface area (Å²) < 4.78 is 54.8. The Hall–Kier alpha value is -3.45. The van der Waals surface area contributed by atoms with Crippen LogP contribution in [0.5, 0.6) is 5.75 Å². The number of aromatic nitrogens is 1. The molecule has 0 unspecified atom stereocenters. The van der Waals surface area contributed by atoms with Crippen LogP contribution in [0, 0.1) is 12.7 Å². The zero-order chi connectivity index (χ0) is 26.6. The number of carbonyl (C=O) groups is 1. The summed E-state index contributed by atoms with van der Waals surface area (Å²) in [5, 5.41) is 1.32. The van der Waals surface area contributed by atoms with Gasteiger partial charge in [0.25, 0.3) is 6.43 Å². The molecule has 0 aliphatic carbocycles. The summed E-state index contributed by atoms with van der Waals surface area (Å²) in [4.78, 5) is 17.7. The number of hydrogen-bond acceptors (Lipinski definition) is 4. The molecule has 7 heteroatoms. The van der Waals surface area contributed by atoms with Gasteiger partial charge in [-0.3, -0.25) is 9.78 Å². The molecule has 37 heavy (non-hydrogen) atoms. The lowest BCUT2D eigenvalue weighted by Crippen LogP contribution is -2.27. The molecule has 1 atom stereocenters. The largest absolute Gasteiger partial charge is 0.493 e. The summed E-state index contributed by atoms with van der Waals surface area (Å²) in [7, 11) is 0. The molecule has 0 radical (unpaired) electrons. The second kappa shape index (κ2) is 9.14. The number of aryl methyl sites for hydroxylation is 1. The van der Waals surface area contributed by atoms with E-state index in [1.165, 1.54) is 19.1 Å². The summed E-state index contributed by atoms with van der Waals surface area (Å²) in [6.45, 7) is 9.32. The van der Waals surface area contributed by atoms with Crippen molar-refractivity contribution in [3.05, 3.63) is 70.7 Å². The summed E-state index contributed by atoms with van der Waals surface area (Å²) in [5.74, 6) is -0.493. The zero-order valence-electron chi connectivity index (χ0n) is 21.4. The highest BCUT2D eigenvalue weighted by Gasteiger charge is 2.32. The van der Waals surface area contributed by atoms with E-state index in [0.717, 1.165) is 17.0 Å². The van der Waals surface area contributed by atoms with Gasteiger partial charge in [-0.15, -0.1) is 0 Å². The third kappa shape index (κ3) is 4.35. The average molecular weight is 508 g/mol. The number of carbonyl (C=O) groups excluding carboxylic acids is 1. The van der Waals surface area contributed by atoms with Crippen LogP contribution in [0.25, 0.3) is 32.8 Å². The van der Waals surface area contributed by atoms with E-state index in [0.29, 0.717) is 51.9 Å². The topological polar surface area (TPSA) is 48.4 Å². The van der Waals surface area contributed by atoms with Gasteiger partial charge in [0.15, 0.2) is 5.78 Å². The number of rotatable bonds is 5. The molecular weight excluding hydrogens is 479 g/mol. The SMILES string of the molecule is CC(=O)[C@@H](OC(C)(C)C)c1c(C)cc2c(F)c(C(F)F)ccc2c1-c1ccc2c3c(ccnc13)CCO2. The fourth-order valence-corrected chi connectivity index (χ4v) is 5.20. The molecule has 0 amide bonds. The van der Waals surface area contributed by atoms with E-state index in [2.05, 4.69) is 4.98 Å². The normalized spacial score (nSPS) is 14.3. The average Bonchev–Trinajstić information content (AvgIpc) is 2.82. The molecule has 0 fully saturated rings. The van der Waals surface area contributed by atoms with Gasteiger partial charge < -0.3 is 9.47 Å². The minimum atomic E-state index is -2.96. The summed E-state index contributed by atoms with van der Waals surface area (Å²) >= 11 is 0. The van der Waals surface area contributed by atoms with Gasteiger partial charge in [0.05, 0.1) is 23.3 Å². The molecule has 0 spiro atoms. The molecule has 192 valence electrons. The lowest BCUT2D eigenvalue weighted by Gasteiger charge is -2.30. The molecule has 1 aromatic heterocycles. The first-order chi connectivity index (χ1) is 17.5. The minimum Gasteiger partial charge on any atom is -0.493 e. The van der Waals surface area contributed by atoms with Crippen LogP contribution in [0.15, 0.2) is 42.6 Å². The number of benzene rings is 3. The van der Waals surface area contributed by atoms with E-state index in [-0.39, 0.29) is 11.2 Å². The van der Waals surface area contributed by atoms with Gasteiger partial charge in [0.1, 0.15) is 17.7 Å². The van der Waals surface area contributed by atoms with Crippen molar-refractivity contribution in [2.24, 2.45) is 0 Å². The molecule has 0 saturated heterocycles. The highest BCUT2D eigenvalue weighted by Crippen LogP contribution is 2.46. The number of fused-ring (bicyclic) bond motifs is 1. The monoisotopic (exact) mass is 507 g/mol. The molecule has 5 rings (SSSR count). The molecule has 0 bridgehead atoms. The van der Waals surface area contributed by atoms with Crippen LogP contribution in [0.1, 0.15) is 62.5 Å². The van der Waals surface area contributed by atoms with Gasteiger partial charge in [-0.1, -0.05) is 6.07 Å². The van der Waals surface area contributed by atoms with Crippen molar-refractivity contribution in [1.82, 2.24) is 4.98 Å². The first kappa shape index (κ1) is 25.2. The molecule has 3 aromatic carbocycles. The summed E-state index contributed by atoms with van der Waals surface area (Å²) in [6, 6.07) is 9.77. The van der Waals surface area contributed by atoms with Gasteiger partial charge in [0, 0.05) is 29.0 Å². The molecule has 4 nitrogen and oxygen atoms in total. The van der Waals surface area contributed by atoms with E-state index in [1.54, 1.807) is 13.1 Å². The van der Waals surface area contributed by atoms with E-state index in [1.807, 2.05) is 39.0 Å². The lowest BCUT2D eigenvalue weighted by atomic mass is 9.84. The Morgan fingerprint density at radius 1 is 1.11 bits per heavy atom.